The van der Waals surface area contributed by atoms with Gasteiger partial charge < -0.3 is 14.8 Å². The van der Waals surface area contributed by atoms with Gasteiger partial charge in [0.05, 0.1) is 23.0 Å². The second-order valence-electron chi connectivity index (χ2n) is 5.59. The Morgan fingerprint density at radius 3 is 2.37 bits per heavy atom. The molecule has 2 aromatic carbocycles. The molecule has 0 atom stereocenters. The van der Waals surface area contributed by atoms with Crippen molar-refractivity contribution in [1.29, 1.82) is 0 Å². The molecule has 1 amide bonds. The Bertz CT molecular complexity index is 912. The van der Waals surface area contributed by atoms with Crippen molar-refractivity contribution >= 4 is 23.0 Å². The van der Waals surface area contributed by atoms with Crippen LogP contribution in [0.3, 0.4) is 0 Å². The van der Waals surface area contributed by atoms with Gasteiger partial charge in [0, 0.05) is 12.1 Å². The summed E-state index contributed by atoms with van der Waals surface area (Å²) in [6.45, 7) is 2.91. The van der Waals surface area contributed by atoms with Crippen molar-refractivity contribution in [2.45, 2.75) is 13.8 Å². The van der Waals surface area contributed by atoms with Crippen molar-refractivity contribution in [2.75, 3.05) is 19.0 Å². The Labute approximate surface area is 154 Å². The summed E-state index contributed by atoms with van der Waals surface area (Å²) in [5, 5.41) is 24.5. The predicted molar refractivity (Wildman–Crippen MR) is 96.3 cm³/mol. The minimum absolute atomic E-state index is 0.0114. The summed E-state index contributed by atoms with van der Waals surface area (Å²) in [6, 6.07) is 6.62. The molecule has 0 aliphatic rings. The highest BCUT2D eigenvalue weighted by molar-refractivity contribution is 5.95. The maximum absolute atomic E-state index is 12.2. The highest BCUT2D eigenvalue weighted by Crippen LogP contribution is 2.32. The van der Waals surface area contributed by atoms with Crippen LogP contribution in [0.4, 0.5) is 17.1 Å². The fraction of sp³-hybridized carbons (Fsp3) is 0.235. The Hall–Kier alpha value is -3.69. The topological polar surface area (TPSA) is 134 Å². The van der Waals surface area contributed by atoms with Gasteiger partial charge in [-0.3, -0.25) is 25.0 Å². The molecule has 10 heteroatoms. The van der Waals surface area contributed by atoms with E-state index in [1.807, 2.05) is 0 Å². The number of methoxy groups -OCH3 is 1. The molecule has 0 fully saturated rings. The van der Waals surface area contributed by atoms with Gasteiger partial charge in [0.1, 0.15) is 5.69 Å². The highest BCUT2D eigenvalue weighted by atomic mass is 16.6. The Morgan fingerprint density at radius 2 is 1.78 bits per heavy atom. The number of benzene rings is 2. The lowest BCUT2D eigenvalue weighted by molar-refractivity contribution is -0.385. The molecule has 0 spiro atoms. The summed E-state index contributed by atoms with van der Waals surface area (Å²) in [5.74, 6) is -0.427. The number of rotatable bonds is 7. The predicted octanol–water partition coefficient (Wildman–Crippen LogP) is 3.15. The summed E-state index contributed by atoms with van der Waals surface area (Å²) in [6.07, 6.45) is 0. The molecule has 0 bridgehead atoms. The first-order chi connectivity index (χ1) is 12.7. The summed E-state index contributed by atoms with van der Waals surface area (Å²) >= 11 is 0. The SMILES string of the molecule is COc1ccc([N+](=O)[O-])cc1OCC(=O)Nc1c([N+](=O)[O-])ccc(C)c1C. The maximum Gasteiger partial charge on any atom is 0.293 e. The summed E-state index contributed by atoms with van der Waals surface area (Å²) in [4.78, 5) is 33.1. The van der Waals surface area contributed by atoms with Gasteiger partial charge in [-0.25, -0.2) is 0 Å². The van der Waals surface area contributed by atoms with Crippen LogP contribution >= 0.6 is 0 Å². The third kappa shape index (κ3) is 4.48. The van der Waals surface area contributed by atoms with Gasteiger partial charge in [-0.2, -0.15) is 0 Å². The van der Waals surface area contributed by atoms with E-state index in [2.05, 4.69) is 5.32 Å². The zero-order valence-corrected chi connectivity index (χ0v) is 14.8. The quantitative estimate of drug-likeness (QED) is 0.580. The van der Waals surface area contributed by atoms with E-state index >= 15 is 0 Å². The van der Waals surface area contributed by atoms with E-state index in [1.165, 1.54) is 25.3 Å². The molecule has 0 unspecified atom stereocenters. The molecule has 0 aliphatic carbocycles. The van der Waals surface area contributed by atoms with Crippen molar-refractivity contribution in [3.63, 3.8) is 0 Å². The molecule has 0 radical (unpaired) electrons. The zero-order chi connectivity index (χ0) is 20.1. The first-order valence-corrected chi connectivity index (χ1v) is 7.74. The number of anilines is 1. The first-order valence-electron chi connectivity index (χ1n) is 7.74. The van der Waals surface area contributed by atoms with Crippen molar-refractivity contribution in [3.8, 4) is 11.5 Å². The maximum atomic E-state index is 12.2. The number of nitrogens with zero attached hydrogens (tertiary/aromatic N) is 2. The number of carbonyl (C=O) groups excluding carboxylic acids is 1. The van der Waals surface area contributed by atoms with Crippen molar-refractivity contribution in [1.82, 2.24) is 0 Å². The number of hydrogen-bond acceptors (Lipinski definition) is 7. The second-order valence-corrected chi connectivity index (χ2v) is 5.59. The molecule has 27 heavy (non-hydrogen) atoms. The third-order valence-corrected chi connectivity index (χ3v) is 3.89. The summed E-state index contributed by atoms with van der Waals surface area (Å²) in [7, 11) is 1.35. The number of nitro benzene ring substituents is 2. The number of nitro groups is 2. The minimum Gasteiger partial charge on any atom is -0.493 e. The van der Waals surface area contributed by atoms with Crippen molar-refractivity contribution in [2.24, 2.45) is 0 Å². The normalized spacial score (nSPS) is 10.2. The average molecular weight is 375 g/mol. The molecule has 2 aromatic rings. The standard InChI is InChI=1S/C17H17N3O7/c1-10-4-6-13(20(24)25)17(11(10)2)18-16(21)9-27-15-8-12(19(22)23)5-7-14(15)26-3/h4-8H,9H2,1-3H3,(H,18,21). The number of carbonyl (C=O) groups is 1. The number of non-ortho nitro benzene ring substituents is 1. The minimum atomic E-state index is -0.652. The second kappa shape index (κ2) is 8.13. The molecule has 0 aromatic heterocycles. The van der Waals surface area contributed by atoms with E-state index < -0.39 is 22.4 Å². The monoisotopic (exact) mass is 375 g/mol. The fourth-order valence-electron chi connectivity index (χ4n) is 2.32. The molecule has 0 heterocycles. The van der Waals surface area contributed by atoms with Crippen LogP contribution in [0.25, 0.3) is 0 Å². The smallest absolute Gasteiger partial charge is 0.293 e. The lowest BCUT2D eigenvalue weighted by Gasteiger charge is -2.13. The molecule has 142 valence electrons. The van der Waals surface area contributed by atoms with E-state index in [0.29, 0.717) is 5.56 Å². The number of hydrogen-bond donors (Lipinski definition) is 1. The Kier molecular flexibility index (Phi) is 5.91. The van der Waals surface area contributed by atoms with Gasteiger partial charge in [0.2, 0.25) is 0 Å². The van der Waals surface area contributed by atoms with Crippen molar-refractivity contribution in [3.05, 3.63) is 61.7 Å². The van der Waals surface area contributed by atoms with Crippen LogP contribution in [-0.2, 0) is 4.79 Å². The van der Waals surface area contributed by atoms with E-state index in [1.54, 1.807) is 19.9 Å². The first kappa shape index (κ1) is 19.6. The van der Waals surface area contributed by atoms with Crippen LogP contribution in [0.5, 0.6) is 11.5 Å². The average Bonchev–Trinajstić information content (AvgIpc) is 2.63. The Morgan fingerprint density at radius 1 is 1.07 bits per heavy atom. The number of nitrogens with one attached hydrogen (secondary N) is 1. The van der Waals surface area contributed by atoms with Gasteiger partial charge >= 0.3 is 0 Å². The summed E-state index contributed by atoms with van der Waals surface area (Å²) in [5.41, 5.74) is 0.956. The molecule has 0 saturated heterocycles. The molecular weight excluding hydrogens is 358 g/mol. The number of ether oxygens (including phenoxy) is 2. The zero-order valence-electron chi connectivity index (χ0n) is 14.8. The molecule has 0 aliphatic heterocycles. The van der Waals surface area contributed by atoms with E-state index in [-0.39, 0.29) is 28.6 Å². The van der Waals surface area contributed by atoms with E-state index in [9.17, 15) is 25.0 Å². The fourth-order valence-corrected chi connectivity index (χ4v) is 2.32. The van der Waals surface area contributed by atoms with Gasteiger partial charge in [0.15, 0.2) is 18.1 Å². The molecule has 2 rings (SSSR count). The third-order valence-electron chi connectivity index (χ3n) is 3.89. The van der Waals surface area contributed by atoms with E-state index in [4.69, 9.17) is 9.47 Å². The Balaban J connectivity index is 2.19. The molecule has 10 nitrogen and oxygen atoms in total. The van der Waals surface area contributed by atoms with Crippen molar-refractivity contribution < 1.29 is 24.1 Å². The lowest BCUT2D eigenvalue weighted by Crippen LogP contribution is -2.21. The van der Waals surface area contributed by atoms with Crippen LogP contribution in [0.2, 0.25) is 0 Å². The van der Waals surface area contributed by atoms with E-state index in [0.717, 1.165) is 11.6 Å². The number of amides is 1. The molecule has 1 N–H and O–H groups in total. The lowest BCUT2D eigenvalue weighted by atomic mass is 10.1. The molecular formula is C17H17N3O7. The van der Waals surface area contributed by atoms with Gasteiger partial charge in [-0.15, -0.1) is 0 Å². The van der Waals surface area contributed by atoms with Gasteiger partial charge in [-0.1, -0.05) is 6.07 Å². The molecule has 0 saturated carbocycles. The van der Waals surface area contributed by atoms with Crippen LogP contribution in [0.1, 0.15) is 11.1 Å². The van der Waals surface area contributed by atoms with Gasteiger partial charge in [0.25, 0.3) is 17.3 Å². The van der Waals surface area contributed by atoms with Crippen LogP contribution < -0.4 is 14.8 Å². The largest absolute Gasteiger partial charge is 0.493 e. The van der Waals surface area contributed by atoms with Crippen LogP contribution in [0, 0.1) is 34.1 Å². The summed E-state index contributed by atoms with van der Waals surface area (Å²) < 4.78 is 10.4. The van der Waals surface area contributed by atoms with Gasteiger partial charge in [-0.05, 0) is 31.0 Å². The number of aryl methyl sites for hydroxylation is 1. The van der Waals surface area contributed by atoms with Crippen LogP contribution in [0.15, 0.2) is 30.3 Å². The highest BCUT2D eigenvalue weighted by Gasteiger charge is 2.20. The van der Waals surface area contributed by atoms with Crippen LogP contribution in [-0.4, -0.2) is 29.5 Å².